The van der Waals surface area contributed by atoms with Crippen molar-refractivity contribution in [1.82, 2.24) is 4.98 Å². The predicted octanol–water partition coefficient (Wildman–Crippen LogP) is 4.51. The Balaban J connectivity index is 1.93. The topological polar surface area (TPSA) is 86.8 Å². The van der Waals surface area contributed by atoms with Gasteiger partial charge in [0.15, 0.2) is 11.5 Å². The normalized spacial score (nSPS) is 10.8. The standard InChI is InChI=1S/C22H18N2O5S/c1-27-16-9-13-15(10-17(16)28-2)23-11-14-18(20(22(26)29-3)30-19(13)14)24-21(25)12-7-5-4-6-8-12/h4-11H,1-3H3,(H,24,25). The summed E-state index contributed by atoms with van der Waals surface area (Å²) < 4.78 is 16.5. The van der Waals surface area contributed by atoms with Crippen LogP contribution in [0.5, 0.6) is 11.5 Å². The molecule has 30 heavy (non-hydrogen) atoms. The molecule has 0 radical (unpaired) electrons. The first-order chi connectivity index (χ1) is 14.6. The molecule has 2 aromatic carbocycles. The van der Waals surface area contributed by atoms with Crippen LogP contribution in [-0.4, -0.2) is 38.2 Å². The van der Waals surface area contributed by atoms with Crippen LogP contribution in [0.2, 0.25) is 0 Å². The predicted molar refractivity (Wildman–Crippen MR) is 116 cm³/mol. The van der Waals surface area contributed by atoms with Crippen molar-refractivity contribution in [1.29, 1.82) is 0 Å². The van der Waals surface area contributed by atoms with Crippen LogP contribution < -0.4 is 14.8 Å². The summed E-state index contributed by atoms with van der Waals surface area (Å²) in [6.45, 7) is 0. The van der Waals surface area contributed by atoms with Gasteiger partial charge >= 0.3 is 5.97 Å². The van der Waals surface area contributed by atoms with Crippen LogP contribution in [0.1, 0.15) is 20.0 Å². The van der Waals surface area contributed by atoms with E-state index in [-0.39, 0.29) is 5.91 Å². The van der Waals surface area contributed by atoms with Crippen LogP contribution >= 0.6 is 11.3 Å². The fraction of sp³-hybridized carbons (Fsp3) is 0.136. The number of pyridine rings is 1. The molecule has 0 aliphatic rings. The Hall–Kier alpha value is -3.65. The summed E-state index contributed by atoms with van der Waals surface area (Å²) in [5.74, 6) is 0.238. The van der Waals surface area contributed by atoms with Crippen LogP contribution in [0.15, 0.2) is 48.7 Å². The van der Waals surface area contributed by atoms with Crippen LogP contribution in [0.4, 0.5) is 5.69 Å². The molecule has 0 spiro atoms. The van der Waals surface area contributed by atoms with Gasteiger partial charge in [0.25, 0.3) is 5.91 Å². The minimum Gasteiger partial charge on any atom is -0.493 e. The van der Waals surface area contributed by atoms with E-state index in [0.29, 0.717) is 38.5 Å². The molecular formula is C22H18N2O5S. The quantitative estimate of drug-likeness (QED) is 0.477. The first kappa shape index (κ1) is 19.7. The Morgan fingerprint density at radius 3 is 2.33 bits per heavy atom. The van der Waals surface area contributed by atoms with Crippen LogP contribution in [-0.2, 0) is 4.74 Å². The van der Waals surface area contributed by atoms with Gasteiger partial charge in [0.05, 0.1) is 32.5 Å². The molecular weight excluding hydrogens is 404 g/mol. The molecule has 4 aromatic rings. The van der Waals surface area contributed by atoms with Gasteiger partial charge in [-0.05, 0) is 18.2 Å². The smallest absolute Gasteiger partial charge is 0.350 e. The van der Waals surface area contributed by atoms with E-state index in [2.05, 4.69) is 10.3 Å². The number of nitrogens with one attached hydrogen (secondary N) is 1. The fourth-order valence-corrected chi connectivity index (χ4v) is 4.37. The van der Waals surface area contributed by atoms with Gasteiger partial charge in [-0.15, -0.1) is 11.3 Å². The van der Waals surface area contributed by atoms with Gasteiger partial charge in [-0.3, -0.25) is 9.78 Å². The molecule has 8 heteroatoms. The third kappa shape index (κ3) is 3.31. The highest BCUT2D eigenvalue weighted by molar-refractivity contribution is 7.22. The minimum atomic E-state index is -0.534. The van der Waals surface area contributed by atoms with Gasteiger partial charge in [0.2, 0.25) is 0 Å². The lowest BCUT2D eigenvalue weighted by Crippen LogP contribution is -2.14. The molecule has 4 rings (SSSR count). The number of nitrogens with zero attached hydrogens (tertiary/aromatic N) is 1. The molecule has 7 nitrogen and oxygen atoms in total. The van der Waals surface area contributed by atoms with E-state index < -0.39 is 5.97 Å². The summed E-state index contributed by atoms with van der Waals surface area (Å²) in [4.78, 5) is 30.0. The van der Waals surface area contributed by atoms with E-state index in [1.54, 1.807) is 50.7 Å². The van der Waals surface area contributed by atoms with Gasteiger partial charge in [0, 0.05) is 33.3 Å². The van der Waals surface area contributed by atoms with Gasteiger partial charge in [-0.2, -0.15) is 0 Å². The second-order valence-corrected chi connectivity index (χ2v) is 7.36. The van der Waals surface area contributed by atoms with Gasteiger partial charge in [-0.1, -0.05) is 18.2 Å². The maximum Gasteiger partial charge on any atom is 0.350 e. The average Bonchev–Trinajstić information content (AvgIpc) is 3.16. The Kier molecular flexibility index (Phi) is 5.24. The number of thiophene rings is 1. The molecule has 0 bridgehead atoms. The van der Waals surface area contributed by atoms with E-state index in [1.807, 2.05) is 12.1 Å². The summed E-state index contributed by atoms with van der Waals surface area (Å²) in [5.41, 5.74) is 1.53. The Bertz CT molecular complexity index is 1270. The van der Waals surface area contributed by atoms with Crippen molar-refractivity contribution >= 4 is 49.9 Å². The highest BCUT2D eigenvalue weighted by atomic mass is 32.1. The van der Waals surface area contributed by atoms with Crippen molar-refractivity contribution in [2.24, 2.45) is 0 Å². The second-order valence-electron chi connectivity index (χ2n) is 6.34. The number of ether oxygens (including phenoxy) is 3. The Morgan fingerprint density at radius 2 is 1.67 bits per heavy atom. The third-order valence-electron chi connectivity index (χ3n) is 4.67. The number of anilines is 1. The number of esters is 1. The number of aromatic nitrogens is 1. The zero-order chi connectivity index (χ0) is 21.3. The highest BCUT2D eigenvalue weighted by Crippen LogP contribution is 2.42. The largest absolute Gasteiger partial charge is 0.493 e. The maximum absolute atomic E-state index is 12.8. The molecule has 0 aliphatic carbocycles. The number of fused-ring (bicyclic) bond motifs is 3. The van der Waals surface area contributed by atoms with Gasteiger partial charge < -0.3 is 19.5 Å². The van der Waals surface area contributed by atoms with Gasteiger partial charge in [-0.25, -0.2) is 4.79 Å². The Labute approximate surface area is 176 Å². The second kappa shape index (κ2) is 8.00. The molecule has 0 aliphatic heterocycles. The summed E-state index contributed by atoms with van der Waals surface area (Å²) in [5, 5.41) is 4.28. The summed E-state index contributed by atoms with van der Waals surface area (Å²) in [6.07, 6.45) is 1.63. The number of amides is 1. The van der Waals surface area contributed by atoms with E-state index in [9.17, 15) is 9.59 Å². The van der Waals surface area contributed by atoms with E-state index >= 15 is 0 Å². The molecule has 0 unspecified atom stereocenters. The van der Waals surface area contributed by atoms with Gasteiger partial charge in [0.1, 0.15) is 4.88 Å². The summed E-state index contributed by atoms with van der Waals surface area (Å²) in [7, 11) is 4.41. The van der Waals surface area contributed by atoms with E-state index in [0.717, 1.165) is 10.1 Å². The summed E-state index contributed by atoms with van der Waals surface area (Å²) in [6, 6.07) is 12.4. The lowest BCUT2D eigenvalue weighted by atomic mass is 10.1. The molecule has 2 heterocycles. The van der Waals surface area contributed by atoms with Crippen LogP contribution in [0.3, 0.4) is 0 Å². The monoisotopic (exact) mass is 422 g/mol. The maximum atomic E-state index is 12.8. The summed E-state index contributed by atoms with van der Waals surface area (Å²) >= 11 is 1.23. The number of methoxy groups -OCH3 is 3. The van der Waals surface area contributed by atoms with Crippen molar-refractivity contribution in [3.8, 4) is 11.5 Å². The van der Waals surface area contributed by atoms with E-state index in [4.69, 9.17) is 14.2 Å². The zero-order valence-corrected chi connectivity index (χ0v) is 17.3. The van der Waals surface area contributed by atoms with Crippen molar-refractivity contribution in [2.75, 3.05) is 26.6 Å². The van der Waals surface area contributed by atoms with Crippen molar-refractivity contribution in [2.45, 2.75) is 0 Å². The molecule has 0 fully saturated rings. The SMILES string of the molecule is COC(=O)c1sc2c(cnc3cc(OC)c(OC)cc32)c1NC(=O)c1ccccc1. The molecule has 2 aromatic heterocycles. The van der Waals surface area contributed by atoms with Crippen molar-refractivity contribution in [3.05, 3.63) is 59.1 Å². The van der Waals surface area contributed by atoms with Crippen molar-refractivity contribution in [3.63, 3.8) is 0 Å². The fourth-order valence-electron chi connectivity index (χ4n) is 3.19. The average molecular weight is 422 g/mol. The number of carbonyl (C=O) groups excluding carboxylic acids is 2. The van der Waals surface area contributed by atoms with E-state index in [1.165, 1.54) is 18.4 Å². The Morgan fingerprint density at radius 1 is 0.967 bits per heavy atom. The first-order valence-electron chi connectivity index (χ1n) is 8.99. The third-order valence-corrected chi connectivity index (χ3v) is 5.89. The van der Waals surface area contributed by atoms with Crippen molar-refractivity contribution < 1.29 is 23.8 Å². The zero-order valence-electron chi connectivity index (χ0n) is 16.5. The number of hydrogen-bond acceptors (Lipinski definition) is 7. The molecule has 0 saturated heterocycles. The molecule has 1 amide bonds. The highest BCUT2D eigenvalue weighted by Gasteiger charge is 2.23. The lowest BCUT2D eigenvalue weighted by Gasteiger charge is -2.09. The first-order valence-corrected chi connectivity index (χ1v) is 9.81. The number of rotatable bonds is 5. The molecule has 0 saturated carbocycles. The molecule has 152 valence electrons. The minimum absolute atomic E-state index is 0.292. The molecule has 1 N–H and O–H groups in total. The number of hydrogen-bond donors (Lipinski definition) is 1. The van der Waals surface area contributed by atoms with Crippen LogP contribution in [0, 0.1) is 0 Å². The number of carbonyl (C=O) groups is 2. The number of benzene rings is 2. The molecule has 0 atom stereocenters. The lowest BCUT2D eigenvalue weighted by molar-refractivity contribution is 0.0607. The van der Waals surface area contributed by atoms with Crippen LogP contribution in [0.25, 0.3) is 21.0 Å².